The van der Waals surface area contributed by atoms with Gasteiger partial charge in [0.05, 0.1) is 22.2 Å². The minimum Gasteiger partial charge on any atom is -0.508 e. The molecule has 1 aliphatic heterocycles. The summed E-state index contributed by atoms with van der Waals surface area (Å²) in [6.45, 7) is 1.49. The van der Waals surface area contributed by atoms with E-state index in [1.807, 2.05) is 42.5 Å². The number of rotatable bonds is 3. The van der Waals surface area contributed by atoms with Crippen molar-refractivity contribution in [2.45, 2.75) is 25.0 Å². The third-order valence-electron chi connectivity index (χ3n) is 5.34. The number of aliphatic hydroxyl groups is 1. The maximum Gasteiger partial charge on any atom is 0.121 e. The molecular weight excluding hydrogens is 381 g/mol. The van der Waals surface area contributed by atoms with E-state index in [-0.39, 0.29) is 17.9 Å². The predicted molar refractivity (Wildman–Crippen MR) is 111 cm³/mol. The summed E-state index contributed by atoms with van der Waals surface area (Å²) in [4.78, 5) is 2.30. The quantitative estimate of drug-likeness (QED) is 0.617. The predicted octanol–water partition coefficient (Wildman–Crippen LogP) is 5.40. The zero-order chi connectivity index (χ0) is 19.0. The summed E-state index contributed by atoms with van der Waals surface area (Å²) < 4.78 is 0. The normalized spacial score (nSPS) is 17.3. The third kappa shape index (κ3) is 3.65. The lowest BCUT2D eigenvalue weighted by Crippen LogP contribution is -2.39. The Balaban J connectivity index is 1.90. The number of hydrogen-bond acceptors (Lipinski definition) is 3. The molecule has 140 valence electrons. The number of likely N-dealkylation sites (tertiary alicyclic amines) is 1. The Labute approximate surface area is 168 Å². The van der Waals surface area contributed by atoms with Gasteiger partial charge in [0.25, 0.3) is 0 Å². The molecule has 0 radical (unpaired) electrons. The molecule has 1 atom stereocenters. The van der Waals surface area contributed by atoms with E-state index in [1.165, 1.54) is 0 Å². The van der Waals surface area contributed by atoms with E-state index in [0.29, 0.717) is 22.9 Å². The Morgan fingerprint density at radius 2 is 1.67 bits per heavy atom. The van der Waals surface area contributed by atoms with Crippen LogP contribution in [0.4, 0.5) is 0 Å². The van der Waals surface area contributed by atoms with Crippen LogP contribution in [0.25, 0.3) is 10.8 Å². The summed E-state index contributed by atoms with van der Waals surface area (Å²) in [7, 11) is 0. The van der Waals surface area contributed by atoms with Crippen LogP contribution in [0, 0.1) is 0 Å². The van der Waals surface area contributed by atoms with Crippen LogP contribution in [-0.4, -0.2) is 34.3 Å². The molecule has 1 heterocycles. The zero-order valence-electron chi connectivity index (χ0n) is 14.8. The topological polar surface area (TPSA) is 43.7 Å². The van der Waals surface area contributed by atoms with Gasteiger partial charge < -0.3 is 10.2 Å². The Hall–Kier alpha value is -1.78. The number of halogens is 2. The lowest BCUT2D eigenvalue weighted by Gasteiger charge is -2.37. The summed E-state index contributed by atoms with van der Waals surface area (Å²) in [5.74, 6) is 0.260. The molecule has 3 nitrogen and oxygen atoms in total. The van der Waals surface area contributed by atoms with E-state index in [0.717, 1.165) is 35.0 Å². The summed E-state index contributed by atoms with van der Waals surface area (Å²) in [6, 6.07) is 17.2. The number of piperidine rings is 1. The van der Waals surface area contributed by atoms with E-state index in [9.17, 15) is 10.2 Å². The molecule has 1 unspecified atom stereocenters. The number of phenolic OH excluding ortho intramolecular Hbond substituents is 1. The molecule has 1 aliphatic rings. The van der Waals surface area contributed by atoms with E-state index < -0.39 is 0 Å². The second-order valence-corrected chi connectivity index (χ2v) is 7.88. The average Bonchev–Trinajstić information content (AvgIpc) is 2.68. The minimum atomic E-state index is -0.267. The minimum absolute atomic E-state index is 0.168. The summed E-state index contributed by atoms with van der Waals surface area (Å²) in [5.41, 5.74) is 1.84. The molecule has 27 heavy (non-hydrogen) atoms. The van der Waals surface area contributed by atoms with Crippen LogP contribution in [0.15, 0.2) is 54.6 Å². The first kappa shape index (κ1) is 18.6. The Bertz CT molecular complexity index is 968. The van der Waals surface area contributed by atoms with Gasteiger partial charge in [-0.25, -0.2) is 0 Å². The largest absolute Gasteiger partial charge is 0.508 e. The molecule has 2 N–H and O–H groups in total. The molecule has 5 heteroatoms. The Kier molecular flexibility index (Phi) is 5.29. The van der Waals surface area contributed by atoms with Gasteiger partial charge in [0, 0.05) is 18.7 Å². The van der Waals surface area contributed by atoms with E-state index in [4.69, 9.17) is 23.2 Å². The van der Waals surface area contributed by atoms with Gasteiger partial charge in [0.15, 0.2) is 0 Å². The first-order chi connectivity index (χ1) is 13.0. The standard InChI is InChI=1S/C22H21Cl2NO2/c23-18-7-5-15(13-19(18)24)22(25-11-9-16(26)10-12-25)21-17-4-2-1-3-14(17)6-8-20(21)27/h1-8,13,16,22,26-27H,9-12H2. The number of aliphatic hydroxyl groups excluding tert-OH is 1. The summed E-state index contributed by atoms with van der Waals surface area (Å²) in [5, 5.41) is 23.8. The van der Waals surface area contributed by atoms with Crippen LogP contribution in [0.1, 0.15) is 30.0 Å². The van der Waals surface area contributed by atoms with Gasteiger partial charge in [-0.1, -0.05) is 59.6 Å². The Morgan fingerprint density at radius 3 is 2.41 bits per heavy atom. The lowest BCUT2D eigenvalue weighted by molar-refractivity contribution is 0.0686. The molecule has 4 rings (SSSR count). The fourth-order valence-electron chi connectivity index (χ4n) is 3.96. The molecule has 1 fully saturated rings. The zero-order valence-corrected chi connectivity index (χ0v) is 16.3. The maximum absolute atomic E-state index is 10.8. The molecule has 0 saturated carbocycles. The molecule has 0 spiro atoms. The van der Waals surface area contributed by atoms with Gasteiger partial charge in [-0.2, -0.15) is 0 Å². The molecule has 3 aromatic rings. The van der Waals surface area contributed by atoms with Crippen molar-refractivity contribution in [2.75, 3.05) is 13.1 Å². The fraction of sp³-hybridized carbons (Fsp3) is 0.273. The van der Waals surface area contributed by atoms with E-state index in [2.05, 4.69) is 4.90 Å². The second kappa shape index (κ2) is 7.69. The number of aromatic hydroxyl groups is 1. The Morgan fingerprint density at radius 1 is 0.926 bits per heavy atom. The first-order valence-corrected chi connectivity index (χ1v) is 9.88. The number of nitrogens with zero attached hydrogens (tertiary/aromatic N) is 1. The highest BCUT2D eigenvalue weighted by molar-refractivity contribution is 6.42. The highest BCUT2D eigenvalue weighted by Crippen LogP contribution is 2.41. The van der Waals surface area contributed by atoms with Gasteiger partial charge in [-0.3, -0.25) is 4.90 Å². The van der Waals surface area contributed by atoms with Crippen molar-refractivity contribution in [1.82, 2.24) is 4.90 Å². The van der Waals surface area contributed by atoms with Crippen molar-refractivity contribution in [3.63, 3.8) is 0 Å². The highest BCUT2D eigenvalue weighted by Gasteiger charge is 2.30. The van der Waals surface area contributed by atoms with Gasteiger partial charge in [0.1, 0.15) is 5.75 Å². The van der Waals surface area contributed by atoms with Crippen LogP contribution >= 0.6 is 23.2 Å². The SMILES string of the molecule is Oc1ccc2ccccc2c1C(c1ccc(Cl)c(Cl)c1)N1CCC(O)CC1. The highest BCUT2D eigenvalue weighted by atomic mass is 35.5. The number of phenols is 1. The van der Waals surface area contributed by atoms with Crippen molar-refractivity contribution in [3.05, 3.63) is 75.8 Å². The maximum atomic E-state index is 10.8. The number of fused-ring (bicyclic) bond motifs is 1. The van der Waals surface area contributed by atoms with Crippen LogP contribution in [-0.2, 0) is 0 Å². The van der Waals surface area contributed by atoms with E-state index in [1.54, 1.807) is 12.1 Å². The molecule has 0 bridgehead atoms. The van der Waals surface area contributed by atoms with Crippen LogP contribution in [0.2, 0.25) is 10.0 Å². The van der Waals surface area contributed by atoms with Crippen molar-refractivity contribution in [2.24, 2.45) is 0 Å². The van der Waals surface area contributed by atoms with Crippen LogP contribution in [0.5, 0.6) is 5.75 Å². The molecule has 0 aromatic heterocycles. The molecular formula is C22H21Cl2NO2. The molecule has 0 amide bonds. The van der Waals surface area contributed by atoms with Crippen molar-refractivity contribution in [3.8, 4) is 5.75 Å². The van der Waals surface area contributed by atoms with Crippen LogP contribution < -0.4 is 0 Å². The third-order valence-corrected chi connectivity index (χ3v) is 6.08. The smallest absolute Gasteiger partial charge is 0.121 e. The van der Waals surface area contributed by atoms with Crippen molar-refractivity contribution in [1.29, 1.82) is 0 Å². The van der Waals surface area contributed by atoms with Gasteiger partial charge in [-0.05, 0) is 47.4 Å². The van der Waals surface area contributed by atoms with Crippen molar-refractivity contribution < 1.29 is 10.2 Å². The first-order valence-electron chi connectivity index (χ1n) is 9.12. The second-order valence-electron chi connectivity index (χ2n) is 7.06. The van der Waals surface area contributed by atoms with Crippen LogP contribution in [0.3, 0.4) is 0 Å². The average molecular weight is 402 g/mol. The van der Waals surface area contributed by atoms with Gasteiger partial charge in [0.2, 0.25) is 0 Å². The van der Waals surface area contributed by atoms with Crippen molar-refractivity contribution >= 4 is 34.0 Å². The van der Waals surface area contributed by atoms with E-state index >= 15 is 0 Å². The lowest BCUT2D eigenvalue weighted by atomic mass is 9.90. The fourth-order valence-corrected chi connectivity index (χ4v) is 4.26. The van der Waals surface area contributed by atoms with Gasteiger partial charge in [-0.15, -0.1) is 0 Å². The molecule has 1 saturated heterocycles. The molecule has 3 aromatic carbocycles. The van der Waals surface area contributed by atoms with Gasteiger partial charge >= 0.3 is 0 Å². The molecule has 0 aliphatic carbocycles. The number of hydrogen-bond donors (Lipinski definition) is 2. The number of benzene rings is 3. The monoisotopic (exact) mass is 401 g/mol. The summed E-state index contributed by atoms with van der Waals surface area (Å²) in [6.07, 6.45) is 1.16. The summed E-state index contributed by atoms with van der Waals surface area (Å²) >= 11 is 12.4.